The molecule has 2 aliphatic rings. The molecular formula is C26H35N3O3S2. The summed E-state index contributed by atoms with van der Waals surface area (Å²) in [7, 11) is -3.43. The van der Waals surface area contributed by atoms with E-state index in [9.17, 15) is 13.2 Å². The van der Waals surface area contributed by atoms with E-state index < -0.39 is 10.0 Å². The molecule has 34 heavy (non-hydrogen) atoms. The van der Waals surface area contributed by atoms with Crippen molar-refractivity contribution in [3.05, 3.63) is 65.7 Å². The molecule has 6 nitrogen and oxygen atoms in total. The summed E-state index contributed by atoms with van der Waals surface area (Å²) in [5, 5.41) is 3.81. The highest BCUT2D eigenvalue weighted by molar-refractivity contribution is 7.99. The summed E-state index contributed by atoms with van der Waals surface area (Å²) >= 11 is 2.00. The number of sulfonamides is 1. The van der Waals surface area contributed by atoms with Crippen molar-refractivity contribution in [3.8, 4) is 0 Å². The molecule has 1 aliphatic heterocycles. The van der Waals surface area contributed by atoms with E-state index in [1.54, 1.807) is 28.6 Å². The Hall–Kier alpha value is -1.87. The van der Waals surface area contributed by atoms with Gasteiger partial charge < -0.3 is 5.32 Å². The van der Waals surface area contributed by atoms with E-state index in [1.807, 2.05) is 42.1 Å². The van der Waals surface area contributed by atoms with Gasteiger partial charge in [0.1, 0.15) is 0 Å². The molecule has 1 saturated carbocycles. The van der Waals surface area contributed by atoms with E-state index in [0.717, 1.165) is 23.1 Å². The second kappa shape index (κ2) is 12.2. The average Bonchev–Trinajstić information content (AvgIpc) is 2.88. The highest BCUT2D eigenvalue weighted by Crippen LogP contribution is 2.27. The molecule has 4 rings (SSSR count). The molecule has 2 fully saturated rings. The van der Waals surface area contributed by atoms with Gasteiger partial charge in [-0.25, -0.2) is 8.42 Å². The summed E-state index contributed by atoms with van der Waals surface area (Å²) in [5.74, 6) is 0.955. The lowest BCUT2D eigenvalue weighted by Gasteiger charge is -2.34. The van der Waals surface area contributed by atoms with Crippen molar-refractivity contribution in [1.29, 1.82) is 0 Å². The van der Waals surface area contributed by atoms with Crippen LogP contribution in [0, 0.1) is 0 Å². The van der Waals surface area contributed by atoms with E-state index in [0.29, 0.717) is 43.2 Å². The molecule has 0 radical (unpaired) electrons. The van der Waals surface area contributed by atoms with Crippen LogP contribution >= 0.6 is 11.8 Å². The molecule has 1 amide bonds. The number of hydrogen-bond donors (Lipinski definition) is 1. The Morgan fingerprint density at radius 3 is 2.26 bits per heavy atom. The summed E-state index contributed by atoms with van der Waals surface area (Å²) in [6, 6.07) is 16.4. The van der Waals surface area contributed by atoms with Crippen LogP contribution in [0.5, 0.6) is 0 Å². The number of nitrogens with one attached hydrogen (secondary N) is 1. The minimum atomic E-state index is -3.43. The zero-order valence-electron chi connectivity index (χ0n) is 19.7. The van der Waals surface area contributed by atoms with Crippen LogP contribution in [0.2, 0.25) is 0 Å². The van der Waals surface area contributed by atoms with Gasteiger partial charge in [0.05, 0.1) is 4.90 Å². The Kier molecular flexibility index (Phi) is 9.05. The first-order valence-corrected chi connectivity index (χ1v) is 14.8. The maximum atomic E-state index is 12.8. The van der Waals surface area contributed by atoms with Gasteiger partial charge in [-0.05, 0) is 42.7 Å². The summed E-state index contributed by atoms with van der Waals surface area (Å²) in [5.41, 5.74) is 1.81. The van der Waals surface area contributed by atoms with E-state index in [4.69, 9.17) is 0 Å². The topological polar surface area (TPSA) is 69.7 Å². The molecule has 0 atom stereocenters. The van der Waals surface area contributed by atoms with Gasteiger partial charge in [0.2, 0.25) is 10.0 Å². The third-order valence-electron chi connectivity index (χ3n) is 6.63. The fourth-order valence-corrected chi connectivity index (χ4v) is 7.28. The third-order valence-corrected chi connectivity index (χ3v) is 9.92. The number of hydrogen-bond acceptors (Lipinski definition) is 5. The lowest BCUT2D eigenvalue weighted by atomic mass is 10.0. The number of thioether (sulfide) groups is 1. The molecular weight excluding hydrogens is 466 g/mol. The number of benzene rings is 2. The SMILES string of the molecule is O=C(NCCSC1CCCCC1)c1ccc(CN2CCN(S(=O)(=O)c3ccccc3)CC2)cc1. The van der Waals surface area contributed by atoms with Gasteiger partial charge in [-0.2, -0.15) is 16.1 Å². The fraction of sp³-hybridized carbons (Fsp3) is 0.500. The largest absolute Gasteiger partial charge is 0.351 e. The number of nitrogens with zero attached hydrogens (tertiary/aromatic N) is 2. The summed E-state index contributed by atoms with van der Waals surface area (Å²) in [6.07, 6.45) is 6.70. The number of carbonyl (C=O) groups is 1. The van der Waals surface area contributed by atoms with Gasteiger partial charge in [0, 0.05) is 55.8 Å². The Morgan fingerprint density at radius 1 is 0.912 bits per heavy atom. The summed E-state index contributed by atoms with van der Waals surface area (Å²) < 4.78 is 27.2. The quantitative estimate of drug-likeness (QED) is 0.526. The van der Waals surface area contributed by atoms with E-state index in [1.165, 1.54) is 32.1 Å². The van der Waals surface area contributed by atoms with Crippen LogP contribution in [0.15, 0.2) is 59.5 Å². The molecule has 1 saturated heterocycles. The van der Waals surface area contributed by atoms with E-state index >= 15 is 0 Å². The third kappa shape index (κ3) is 6.84. The van der Waals surface area contributed by atoms with Crippen molar-refractivity contribution >= 4 is 27.7 Å². The van der Waals surface area contributed by atoms with Gasteiger partial charge in [0.15, 0.2) is 0 Å². The number of piperazine rings is 1. The highest BCUT2D eigenvalue weighted by atomic mass is 32.2. The smallest absolute Gasteiger partial charge is 0.251 e. The Balaban J connectivity index is 1.19. The second-order valence-corrected chi connectivity index (χ2v) is 12.4. The van der Waals surface area contributed by atoms with Gasteiger partial charge in [-0.15, -0.1) is 0 Å². The van der Waals surface area contributed by atoms with Crippen molar-refractivity contribution in [2.24, 2.45) is 0 Å². The number of carbonyl (C=O) groups excluding carboxylic acids is 1. The molecule has 2 aromatic carbocycles. The fourth-order valence-electron chi connectivity index (χ4n) is 4.61. The maximum Gasteiger partial charge on any atom is 0.251 e. The molecule has 0 bridgehead atoms. The van der Waals surface area contributed by atoms with E-state index in [-0.39, 0.29) is 5.91 Å². The Morgan fingerprint density at radius 2 is 1.59 bits per heavy atom. The van der Waals surface area contributed by atoms with Gasteiger partial charge in [-0.1, -0.05) is 49.6 Å². The minimum Gasteiger partial charge on any atom is -0.351 e. The lowest BCUT2D eigenvalue weighted by molar-refractivity contribution is 0.0956. The van der Waals surface area contributed by atoms with Crippen LogP contribution in [0.4, 0.5) is 0 Å². The molecule has 0 unspecified atom stereocenters. The molecule has 8 heteroatoms. The predicted octanol–water partition coefficient (Wildman–Crippen LogP) is 3.99. The first kappa shape index (κ1) is 25.2. The first-order chi connectivity index (χ1) is 16.5. The lowest BCUT2D eigenvalue weighted by Crippen LogP contribution is -2.48. The van der Waals surface area contributed by atoms with Crippen molar-refractivity contribution in [2.45, 2.75) is 48.8 Å². The summed E-state index contributed by atoms with van der Waals surface area (Å²) in [4.78, 5) is 15.1. The number of rotatable bonds is 9. The number of amides is 1. The van der Waals surface area contributed by atoms with Crippen LogP contribution in [-0.4, -0.2) is 67.3 Å². The van der Waals surface area contributed by atoms with Crippen molar-refractivity contribution in [1.82, 2.24) is 14.5 Å². The van der Waals surface area contributed by atoms with Crippen LogP contribution in [0.1, 0.15) is 48.0 Å². The van der Waals surface area contributed by atoms with Gasteiger partial charge in [0.25, 0.3) is 5.91 Å². The first-order valence-electron chi connectivity index (χ1n) is 12.3. The van der Waals surface area contributed by atoms with Crippen LogP contribution < -0.4 is 5.32 Å². The van der Waals surface area contributed by atoms with Crippen LogP contribution in [0.25, 0.3) is 0 Å². The molecule has 0 spiro atoms. The van der Waals surface area contributed by atoms with Crippen LogP contribution in [0.3, 0.4) is 0 Å². The average molecular weight is 502 g/mol. The molecule has 2 aromatic rings. The Labute approximate surface area is 208 Å². The van der Waals surface area contributed by atoms with Gasteiger partial charge >= 0.3 is 0 Å². The molecule has 1 aliphatic carbocycles. The zero-order chi connectivity index (χ0) is 23.8. The Bertz CT molecular complexity index is 1020. The van der Waals surface area contributed by atoms with Crippen LogP contribution in [-0.2, 0) is 16.6 Å². The van der Waals surface area contributed by atoms with Crippen molar-refractivity contribution in [2.75, 3.05) is 38.5 Å². The normalized spacial score (nSPS) is 18.6. The maximum absolute atomic E-state index is 12.8. The second-order valence-electron chi connectivity index (χ2n) is 9.08. The van der Waals surface area contributed by atoms with E-state index in [2.05, 4.69) is 10.2 Å². The summed E-state index contributed by atoms with van der Waals surface area (Å²) in [6.45, 7) is 3.80. The molecule has 184 valence electrons. The molecule has 1 heterocycles. The predicted molar refractivity (Wildman–Crippen MR) is 139 cm³/mol. The monoisotopic (exact) mass is 501 g/mol. The van der Waals surface area contributed by atoms with Crippen molar-refractivity contribution in [3.63, 3.8) is 0 Å². The highest BCUT2D eigenvalue weighted by Gasteiger charge is 2.28. The van der Waals surface area contributed by atoms with Gasteiger partial charge in [-0.3, -0.25) is 9.69 Å². The standard InChI is InChI=1S/C26H35N3O3S2/c30-26(27-15-20-33-24-7-3-1-4-8-24)23-13-11-22(12-14-23)21-28-16-18-29(19-17-28)34(31,32)25-9-5-2-6-10-25/h2,5-6,9-14,24H,1,3-4,7-8,15-21H2,(H,27,30). The molecule has 1 N–H and O–H groups in total. The van der Waals surface area contributed by atoms with Crippen molar-refractivity contribution < 1.29 is 13.2 Å². The minimum absolute atomic E-state index is 0.0180. The molecule has 0 aromatic heterocycles. The zero-order valence-corrected chi connectivity index (χ0v) is 21.3.